The van der Waals surface area contributed by atoms with Crippen LogP contribution in [-0.2, 0) is 19.1 Å². The van der Waals surface area contributed by atoms with E-state index < -0.39 is 5.79 Å². The van der Waals surface area contributed by atoms with Crippen molar-refractivity contribution < 1.29 is 19.1 Å². The molecule has 2 saturated heterocycles. The first-order valence-corrected chi connectivity index (χ1v) is 7.86. The number of nitrogens with zero attached hydrogens (tertiary/aromatic N) is 2. The second kappa shape index (κ2) is 7.22. The lowest BCUT2D eigenvalue weighted by atomic mass is 10.0. The predicted molar refractivity (Wildman–Crippen MR) is 77.6 cm³/mol. The number of carbonyl (C=O) groups excluding carboxylic acids is 2. The molecule has 2 fully saturated rings. The number of hydrogen-bond donors (Lipinski definition) is 0. The van der Waals surface area contributed by atoms with Crippen LogP contribution in [0, 0.1) is 0 Å². The number of piperidine rings is 1. The van der Waals surface area contributed by atoms with Crippen molar-refractivity contribution in [2.24, 2.45) is 0 Å². The van der Waals surface area contributed by atoms with Gasteiger partial charge in [-0.2, -0.15) is 0 Å². The Balaban J connectivity index is 1.75. The Hall–Kier alpha value is -1.14. The summed E-state index contributed by atoms with van der Waals surface area (Å²) in [5.41, 5.74) is 0. The molecule has 0 aliphatic carbocycles. The summed E-state index contributed by atoms with van der Waals surface area (Å²) in [6.45, 7) is 5.27. The molecule has 2 aliphatic rings. The van der Waals surface area contributed by atoms with Crippen molar-refractivity contribution in [3.63, 3.8) is 0 Å². The Labute approximate surface area is 126 Å². The van der Waals surface area contributed by atoms with Crippen LogP contribution >= 0.6 is 0 Å². The average molecular weight is 298 g/mol. The number of amides is 2. The second-order valence-corrected chi connectivity index (χ2v) is 5.83. The van der Waals surface area contributed by atoms with Gasteiger partial charge in [0.2, 0.25) is 11.8 Å². The summed E-state index contributed by atoms with van der Waals surface area (Å²) in [7, 11) is 1.76. The van der Waals surface area contributed by atoms with Gasteiger partial charge in [0.15, 0.2) is 5.79 Å². The fourth-order valence-corrected chi connectivity index (χ4v) is 2.78. The molecule has 0 aromatic heterocycles. The van der Waals surface area contributed by atoms with E-state index in [0.29, 0.717) is 45.7 Å². The van der Waals surface area contributed by atoms with E-state index >= 15 is 0 Å². The number of likely N-dealkylation sites (tertiary alicyclic amines) is 1. The molecule has 1 spiro atoms. The van der Waals surface area contributed by atoms with E-state index in [2.05, 4.69) is 6.92 Å². The van der Waals surface area contributed by atoms with Gasteiger partial charge in [-0.25, -0.2) is 0 Å². The highest BCUT2D eigenvalue weighted by Gasteiger charge is 2.40. The van der Waals surface area contributed by atoms with Crippen LogP contribution in [0.15, 0.2) is 0 Å². The minimum Gasteiger partial charge on any atom is -0.347 e. The monoisotopic (exact) mass is 298 g/mol. The molecule has 2 heterocycles. The quantitative estimate of drug-likeness (QED) is 0.711. The average Bonchev–Trinajstić information content (AvgIpc) is 2.93. The van der Waals surface area contributed by atoms with Crippen molar-refractivity contribution in [1.29, 1.82) is 0 Å². The SMILES string of the molecule is CCCCN(C)C(=O)CC(=O)N1CCC2(CC1)OCCO2. The summed E-state index contributed by atoms with van der Waals surface area (Å²) >= 11 is 0. The molecule has 0 radical (unpaired) electrons. The van der Waals surface area contributed by atoms with Gasteiger partial charge in [-0.3, -0.25) is 9.59 Å². The Kier molecular flexibility index (Phi) is 5.58. The summed E-state index contributed by atoms with van der Waals surface area (Å²) in [6.07, 6.45) is 3.36. The zero-order valence-electron chi connectivity index (χ0n) is 13.1. The number of hydrogen-bond acceptors (Lipinski definition) is 4. The summed E-state index contributed by atoms with van der Waals surface area (Å²) in [4.78, 5) is 27.6. The third kappa shape index (κ3) is 4.17. The topological polar surface area (TPSA) is 59.1 Å². The molecule has 6 nitrogen and oxygen atoms in total. The molecule has 0 N–H and O–H groups in total. The Morgan fingerprint density at radius 3 is 2.38 bits per heavy atom. The second-order valence-electron chi connectivity index (χ2n) is 5.83. The van der Waals surface area contributed by atoms with E-state index in [1.807, 2.05) is 0 Å². The molecule has 0 saturated carbocycles. The lowest BCUT2D eigenvalue weighted by molar-refractivity contribution is -0.187. The van der Waals surface area contributed by atoms with E-state index in [-0.39, 0.29) is 18.2 Å². The standard InChI is InChI=1S/C15H26N2O4/c1-3-4-7-16(2)13(18)12-14(19)17-8-5-15(6-9-17)20-10-11-21-15/h3-12H2,1-2H3. The number of unbranched alkanes of at least 4 members (excludes halogenated alkanes) is 1. The summed E-state index contributed by atoms with van der Waals surface area (Å²) in [5.74, 6) is -0.656. The van der Waals surface area contributed by atoms with Crippen LogP contribution in [0.1, 0.15) is 39.0 Å². The number of carbonyl (C=O) groups is 2. The minimum atomic E-state index is -0.474. The van der Waals surface area contributed by atoms with Gasteiger partial charge in [-0.15, -0.1) is 0 Å². The highest BCUT2D eigenvalue weighted by atomic mass is 16.7. The molecule has 0 bridgehead atoms. The van der Waals surface area contributed by atoms with Crippen LogP contribution < -0.4 is 0 Å². The van der Waals surface area contributed by atoms with Gasteiger partial charge in [-0.05, 0) is 6.42 Å². The molecule has 2 aliphatic heterocycles. The lowest BCUT2D eigenvalue weighted by Crippen LogP contribution is -2.48. The van der Waals surface area contributed by atoms with Gasteiger partial charge < -0.3 is 19.3 Å². The zero-order chi connectivity index (χ0) is 15.3. The maximum Gasteiger partial charge on any atom is 0.232 e. The summed E-state index contributed by atoms with van der Waals surface area (Å²) in [5, 5.41) is 0. The van der Waals surface area contributed by atoms with Crippen molar-refractivity contribution in [2.45, 2.75) is 44.8 Å². The van der Waals surface area contributed by atoms with E-state index in [1.54, 1.807) is 16.8 Å². The molecule has 0 unspecified atom stereocenters. The molecule has 0 aromatic carbocycles. The molecule has 0 atom stereocenters. The first-order valence-electron chi connectivity index (χ1n) is 7.86. The van der Waals surface area contributed by atoms with Crippen molar-refractivity contribution >= 4 is 11.8 Å². The third-order valence-corrected chi connectivity index (χ3v) is 4.27. The molecular formula is C15H26N2O4. The minimum absolute atomic E-state index is 0.0328. The van der Waals surface area contributed by atoms with Crippen molar-refractivity contribution in [1.82, 2.24) is 9.80 Å². The first-order chi connectivity index (χ1) is 10.1. The van der Waals surface area contributed by atoms with Crippen molar-refractivity contribution in [3.05, 3.63) is 0 Å². The number of rotatable bonds is 5. The first kappa shape index (κ1) is 16.2. The highest BCUT2D eigenvalue weighted by Crippen LogP contribution is 2.31. The van der Waals surface area contributed by atoms with Crippen LogP contribution in [0.4, 0.5) is 0 Å². The van der Waals surface area contributed by atoms with Crippen LogP contribution in [-0.4, -0.2) is 67.3 Å². The largest absolute Gasteiger partial charge is 0.347 e. The summed E-state index contributed by atoms with van der Waals surface area (Å²) in [6, 6.07) is 0. The maximum atomic E-state index is 12.2. The molecule has 120 valence electrons. The molecule has 0 aromatic rings. The molecule has 2 amide bonds. The zero-order valence-corrected chi connectivity index (χ0v) is 13.1. The molecule has 21 heavy (non-hydrogen) atoms. The maximum absolute atomic E-state index is 12.2. The van der Waals surface area contributed by atoms with Gasteiger partial charge in [-0.1, -0.05) is 13.3 Å². The Morgan fingerprint density at radius 2 is 1.81 bits per heavy atom. The van der Waals surface area contributed by atoms with Crippen LogP contribution in [0.2, 0.25) is 0 Å². The van der Waals surface area contributed by atoms with E-state index in [1.165, 1.54) is 0 Å². The predicted octanol–water partition coefficient (Wildman–Crippen LogP) is 1.00. The third-order valence-electron chi connectivity index (χ3n) is 4.27. The Bertz CT molecular complexity index is 370. The fraction of sp³-hybridized carbons (Fsp3) is 0.867. The Morgan fingerprint density at radius 1 is 1.19 bits per heavy atom. The van der Waals surface area contributed by atoms with E-state index in [0.717, 1.165) is 12.8 Å². The van der Waals surface area contributed by atoms with Gasteiger partial charge in [0.05, 0.1) is 13.2 Å². The molecule has 6 heteroatoms. The van der Waals surface area contributed by atoms with Gasteiger partial charge in [0.1, 0.15) is 6.42 Å². The van der Waals surface area contributed by atoms with E-state index in [4.69, 9.17) is 9.47 Å². The van der Waals surface area contributed by atoms with Crippen LogP contribution in [0.25, 0.3) is 0 Å². The highest BCUT2D eigenvalue weighted by molar-refractivity contribution is 5.96. The normalized spacial score (nSPS) is 20.8. The van der Waals surface area contributed by atoms with Crippen LogP contribution in [0.3, 0.4) is 0 Å². The van der Waals surface area contributed by atoms with Gasteiger partial charge in [0, 0.05) is 39.5 Å². The van der Waals surface area contributed by atoms with Gasteiger partial charge in [0.25, 0.3) is 0 Å². The lowest BCUT2D eigenvalue weighted by Gasteiger charge is -2.37. The molecule has 2 rings (SSSR count). The number of ether oxygens (including phenoxy) is 2. The summed E-state index contributed by atoms with van der Waals surface area (Å²) < 4.78 is 11.3. The molecular weight excluding hydrogens is 272 g/mol. The van der Waals surface area contributed by atoms with Crippen molar-refractivity contribution in [3.8, 4) is 0 Å². The smallest absolute Gasteiger partial charge is 0.232 e. The van der Waals surface area contributed by atoms with Crippen molar-refractivity contribution in [2.75, 3.05) is 39.9 Å². The van der Waals surface area contributed by atoms with Crippen LogP contribution in [0.5, 0.6) is 0 Å². The van der Waals surface area contributed by atoms with Gasteiger partial charge >= 0.3 is 0 Å². The fourth-order valence-electron chi connectivity index (χ4n) is 2.78. The van der Waals surface area contributed by atoms with E-state index in [9.17, 15) is 9.59 Å².